The second-order valence-corrected chi connectivity index (χ2v) is 6.79. The number of rotatable bonds is 5. The molecule has 2 fully saturated rings. The van der Waals surface area contributed by atoms with Gasteiger partial charge in [-0.1, -0.05) is 20.8 Å². The van der Waals surface area contributed by atoms with Gasteiger partial charge >= 0.3 is 12.0 Å². The third-order valence-corrected chi connectivity index (χ3v) is 5.11. The van der Waals surface area contributed by atoms with E-state index < -0.39 is 23.5 Å². The number of nitrogens with one attached hydrogen (secondary N) is 1. The maximum atomic E-state index is 12.5. The van der Waals surface area contributed by atoms with Gasteiger partial charge in [0.15, 0.2) is 0 Å². The Morgan fingerprint density at radius 2 is 1.88 bits per heavy atom. The zero-order valence-electron chi connectivity index (χ0n) is 14.4. The molecule has 24 heavy (non-hydrogen) atoms. The number of nitrogens with zero attached hydrogens (tertiary/aromatic N) is 2. The lowest BCUT2D eigenvalue weighted by molar-refractivity contribution is -0.148. The van der Waals surface area contributed by atoms with E-state index in [0.717, 1.165) is 4.90 Å². The fourth-order valence-corrected chi connectivity index (χ4v) is 3.52. The molecule has 2 unspecified atom stereocenters. The molecule has 134 valence electrons. The molecule has 2 atom stereocenters. The van der Waals surface area contributed by atoms with E-state index in [9.17, 15) is 24.3 Å². The monoisotopic (exact) mass is 339 g/mol. The largest absolute Gasteiger partial charge is 0.481 e. The van der Waals surface area contributed by atoms with Crippen LogP contribution in [0.2, 0.25) is 0 Å². The van der Waals surface area contributed by atoms with Crippen molar-refractivity contribution in [3.05, 3.63) is 0 Å². The Kier molecular flexibility index (Phi) is 5.15. The van der Waals surface area contributed by atoms with Crippen molar-refractivity contribution >= 4 is 23.8 Å². The van der Waals surface area contributed by atoms with E-state index in [4.69, 9.17) is 0 Å². The number of amides is 4. The van der Waals surface area contributed by atoms with Gasteiger partial charge in [0.1, 0.15) is 12.1 Å². The molecule has 8 nitrogen and oxygen atoms in total. The normalized spacial score (nSPS) is 26.5. The first-order chi connectivity index (χ1) is 11.2. The van der Waals surface area contributed by atoms with Gasteiger partial charge in [-0.2, -0.15) is 0 Å². The summed E-state index contributed by atoms with van der Waals surface area (Å²) >= 11 is 0. The van der Waals surface area contributed by atoms with Crippen LogP contribution in [0, 0.1) is 11.8 Å². The summed E-state index contributed by atoms with van der Waals surface area (Å²) in [4.78, 5) is 50.8. The molecular weight excluding hydrogens is 314 g/mol. The fraction of sp³-hybridized carbons (Fsp3) is 0.750. The van der Waals surface area contributed by atoms with Gasteiger partial charge in [0.2, 0.25) is 5.91 Å². The average Bonchev–Trinajstić information content (AvgIpc) is 2.78. The Bertz CT molecular complexity index is 558. The van der Waals surface area contributed by atoms with Crippen LogP contribution in [0.15, 0.2) is 0 Å². The molecule has 2 heterocycles. The molecule has 0 aromatic heterocycles. The van der Waals surface area contributed by atoms with Crippen LogP contribution in [-0.4, -0.2) is 63.9 Å². The van der Waals surface area contributed by atoms with E-state index in [1.807, 2.05) is 20.8 Å². The number of piperidine rings is 1. The lowest BCUT2D eigenvalue weighted by atomic mass is 9.90. The fourth-order valence-electron chi connectivity index (χ4n) is 3.52. The number of carbonyl (C=O) groups excluding carboxylic acids is 3. The number of carbonyl (C=O) groups is 4. The van der Waals surface area contributed by atoms with Gasteiger partial charge in [0.05, 0.1) is 5.92 Å². The Morgan fingerprint density at radius 3 is 2.38 bits per heavy atom. The van der Waals surface area contributed by atoms with E-state index in [0.29, 0.717) is 25.8 Å². The second kappa shape index (κ2) is 6.78. The number of hydrogen-bond donors (Lipinski definition) is 2. The lowest BCUT2D eigenvalue weighted by Crippen LogP contribution is -2.50. The van der Waals surface area contributed by atoms with Crippen molar-refractivity contribution in [2.45, 2.75) is 45.6 Å². The van der Waals surface area contributed by atoms with Crippen molar-refractivity contribution in [2.75, 3.05) is 19.6 Å². The first-order valence-electron chi connectivity index (χ1n) is 8.38. The van der Waals surface area contributed by atoms with E-state index in [1.165, 1.54) is 4.90 Å². The van der Waals surface area contributed by atoms with Crippen molar-refractivity contribution < 1.29 is 24.3 Å². The summed E-state index contributed by atoms with van der Waals surface area (Å²) in [7, 11) is 0. The maximum absolute atomic E-state index is 12.5. The molecule has 4 amide bonds. The molecule has 0 radical (unpaired) electrons. The van der Waals surface area contributed by atoms with Crippen molar-refractivity contribution in [3.8, 4) is 0 Å². The highest BCUT2D eigenvalue weighted by Gasteiger charge is 2.49. The van der Waals surface area contributed by atoms with Crippen LogP contribution >= 0.6 is 0 Å². The summed E-state index contributed by atoms with van der Waals surface area (Å²) in [6, 6.07) is -0.558. The molecule has 0 saturated carbocycles. The highest BCUT2D eigenvalue weighted by Crippen LogP contribution is 2.26. The molecule has 0 spiro atoms. The molecular formula is C16H25N3O5. The summed E-state index contributed by atoms with van der Waals surface area (Å²) in [5.74, 6) is -2.24. The summed E-state index contributed by atoms with van der Waals surface area (Å²) in [5, 5.41) is 11.9. The number of aliphatic carboxylic acids is 1. The molecule has 0 bridgehead atoms. The molecule has 0 aliphatic carbocycles. The van der Waals surface area contributed by atoms with E-state index in [2.05, 4.69) is 5.32 Å². The molecule has 0 aromatic carbocycles. The van der Waals surface area contributed by atoms with E-state index >= 15 is 0 Å². The Balaban J connectivity index is 2.08. The average molecular weight is 339 g/mol. The first kappa shape index (κ1) is 18.2. The Hall–Kier alpha value is -2.12. The van der Waals surface area contributed by atoms with Crippen LogP contribution in [0.25, 0.3) is 0 Å². The standard InChI is InChI=1S/C16H25N3O5/c1-4-16(5-2)14(23)19(15(24)17-16)9-12(20)18-7-10(3)6-11(8-18)13(21)22/h10-11H,4-9H2,1-3H3,(H,17,24)(H,21,22). The summed E-state index contributed by atoms with van der Waals surface area (Å²) in [6.45, 7) is 5.75. The maximum Gasteiger partial charge on any atom is 0.325 e. The van der Waals surface area contributed by atoms with Crippen LogP contribution in [-0.2, 0) is 14.4 Å². The molecule has 2 rings (SSSR count). The summed E-state index contributed by atoms with van der Waals surface area (Å²) in [6.07, 6.45) is 1.44. The van der Waals surface area contributed by atoms with E-state index in [1.54, 1.807) is 0 Å². The Morgan fingerprint density at radius 1 is 1.25 bits per heavy atom. The quantitative estimate of drug-likeness (QED) is 0.716. The van der Waals surface area contributed by atoms with Crippen LogP contribution in [0.3, 0.4) is 0 Å². The number of imide groups is 1. The van der Waals surface area contributed by atoms with Crippen LogP contribution in [0.5, 0.6) is 0 Å². The Labute approximate surface area is 141 Å². The predicted octanol–water partition coefficient (Wildman–Crippen LogP) is 0.666. The summed E-state index contributed by atoms with van der Waals surface area (Å²) in [5.41, 5.74) is -0.934. The van der Waals surface area contributed by atoms with Gasteiger partial charge in [0.25, 0.3) is 5.91 Å². The van der Waals surface area contributed by atoms with Gasteiger partial charge in [-0.25, -0.2) is 4.79 Å². The minimum Gasteiger partial charge on any atom is -0.481 e. The molecule has 2 saturated heterocycles. The highest BCUT2D eigenvalue weighted by molar-refractivity contribution is 6.09. The SMILES string of the molecule is CCC1(CC)NC(=O)N(CC(=O)N2CC(C)CC(C(=O)O)C2)C1=O. The number of urea groups is 1. The van der Waals surface area contributed by atoms with Crippen molar-refractivity contribution in [2.24, 2.45) is 11.8 Å². The van der Waals surface area contributed by atoms with E-state index in [-0.39, 0.29) is 30.8 Å². The number of carboxylic acid groups (broad SMARTS) is 1. The number of carboxylic acids is 1. The highest BCUT2D eigenvalue weighted by atomic mass is 16.4. The van der Waals surface area contributed by atoms with Gasteiger partial charge in [-0.15, -0.1) is 0 Å². The third kappa shape index (κ3) is 3.22. The van der Waals surface area contributed by atoms with Crippen molar-refractivity contribution in [1.29, 1.82) is 0 Å². The molecule has 8 heteroatoms. The number of hydrogen-bond acceptors (Lipinski definition) is 4. The lowest BCUT2D eigenvalue weighted by Gasteiger charge is -2.35. The molecule has 2 N–H and O–H groups in total. The predicted molar refractivity (Wildman–Crippen MR) is 85.0 cm³/mol. The number of likely N-dealkylation sites (tertiary alicyclic amines) is 1. The van der Waals surface area contributed by atoms with Gasteiger partial charge < -0.3 is 15.3 Å². The van der Waals surface area contributed by atoms with Crippen molar-refractivity contribution in [1.82, 2.24) is 15.1 Å². The van der Waals surface area contributed by atoms with Gasteiger partial charge in [0, 0.05) is 13.1 Å². The molecule has 0 aromatic rings. The minimum absolute atomic E-state index is 0.0669. The molecule has 2 aliphatic heterocycles. The van der Waals surface area contributed by atoms with Gasteiger partial charge in [-0.05, 0) is 25.2 Å². The van der Waals surface area contributed by atoms with Crippen LogP contribution < -0.4 is 5.32 Å². The first-order valence-corrected chi connectivity index (χ1v) is 8.38. The summed E-state index contributed by atoms with van der Waals surface area (Å²) < 4.78 is 0. The minimum atomic E-state index is -0.934. The third-order valence-electron chi connectivity index (χ3n) is 5.11. The van der Waals surface area contributed by atoms with Crippen molar-refractivity contribution in [3.63, 3.8) is 0 Å². The van der Waals surface area contributed by atoms with Crippen LogP contribution in [0.1, 0.15) is 40.0 Å². The van der Waals surface area contributed by atoms with Crippen LogP contribution in [0.4, 0.5) is 4.79 Å². The molecule has 2 aliphatic rings. The van der Waals surface area contributed by atoms with Gasteiger partial charge in [-0.3, -0.25) is 19.3 Å². The topological polar surface area (TPSA) is 107 Å². The zero-order chi connectivity index (χ0) is 18.1. The second-order valence-electron chi connectivity index (χ2n) is 6.79. The smallest absolute Gasteiger partial charge is 0.325 e. The zero-order valence-corrected chi connectivity index (χ0v) is 14.4.